The summed E-state index contributed by atoms with van der Waals surface area (Å²) in [4.78, 5) is 24.7. The minimum atomic E-state index is -0.662. The monoisotopic (exact) mass is 1180 g/mol. The molecule has 0 saturated carbocycles. The highest BCUT2D eigenvalue weighted by atomic mass is 16.5. The molecular weight excluding hydrogens is 1030 g/mol. The molecule has 0 aromatic carbocycles. The zero-order valence-corrected chi connectivity index (χ0v) is 57.4. The number of carbonyl (C=O) groups excluding carboxylic acids is 2. The number of hydrogen-bond donors (Lipinski definition) is 3. The Balaban J connectivity index is 3.33. The van der Waals surface area contributed by atoms with E-state index < -0.39 is 12.1 Å². The third kappa shape index (κ3) is 69.7. The van der Waals surface area contributed by atoms with Crippen molar-refractivity contribution in [1.82, 2.24) is 5.32 Å². The maximum atomic E-state index is 12.6. The predicted molar refractivity (Wildman–Crippen MR) is 370 cm³/mol. The molecule has 0 rings (SSSR count). The molecule has 0 aliphatic heterocycles. The van der Waals surface area contributed by atoms with Crippen molar-refractivity contribution in [1.29, 1.82) is 0 Å². The van der Waals surface area contributed by atoms with Crippen LogP contribution in [0.2, 0.25) is 0 Å². The number of carbonyl (C=O) groups is 2. The van der Waals surface area contributed by atoms with Crippen molar-refractivity contribution in [2.75, 3.05) is 13.2 Å². The van der Waals surface area contributed by atoms with E-state index in [0.717, 1.165) is 38.5 Å². The zero-order valence-electron chi connectivity index (χ0n) is 57.4. The normalized spacial score (nSPS) is 12.5. The third-order valence-corrected chi connectivity index (χ3v) is 18.6. The topological polar surface area (TPSA) is 95.9 Å². The van der Waals surface area contributed by atoms with Gasteiger partial charge in [0.05, 0.1) is 25.4 Å². The van der Waals surface area contributed by atoms with Crippen molar-refractivity contribution < 1.29 is 24.5 Å². The van der Waals surface area contributed by atoms with Gasteiger partial charge in [-0.3, -0.25) is 9.59 Å². The van der Waals surface area contributed by atoms with E-state index in [2.05, 4.69) is 31.3 Å². The summed E-state index contributed by atoms with van der Waals surface area (Å²) < 4.78 is 5.52. The van der Waals surface area contributed by atoms with E-state index in [0.29, 0.717) is 25.9 Å². The van der Waals surface area contributed by atoms with Crippen molar-refractivity contribution in [3.8, 4) is 0 Å². The second-order valence-electron chi connectivity index (χ2n) is 27.0. The van der Waals surface area contributed by atoms with Gasteiger partial charge in [0, 0.05) is 12.8 Å². The number of nitrogens with one attached hydrogen (secondary N) is 1. The van der Waals surface area contributed by atoms with E-state index in [1.807, 2.05) is 0 Å². The van der Waals surface area contributed by atoms with Gasteiger partial charge in [-0.15, -0.1) is 0 Å². The molecule has 3 N–H and O–H groups in total. The fraction of sp³-hybridized carbons (Fsp3) is 0.949. The van der Waals surface area contributed by atoms with Crippen LogP contribution in [-0.4, -0.2) is 47.4 Å². The molecule has 84 heavy (non-hydrogen) atoms. The first-order valence-electron chi connectivity index (χ1n) is 38.9. The van der Waals surface area contributed by atoms with E-state index in [4.69, 9.17) is 4.74 Å². The molecular formula is C78H153NO5. The lowest BCUT2D eigenvalue weighted by Gasteiger charge is -2.22. The van der Waals surface area contributed by atoms with Crippen LogP contribution < -0.4 is 5.32 Å². The number of allylic oxidation sites excluding steroid dienone is 2. The Morgan fingerprint density at radius 3 is 0.845 bits per heavy atom. The van der Waals surface area contributed by atoms with Crippen LogP contribution in [0.4, 0.5) is 0 Å². The molecule has 0 aliphatic rings. The summed E-state index contributed by atoms with van der Waals surface area (Å²) in [5, 5.41) is 23.4. The minimum absolute atomic E-state index is 0.0198. The third-order valence-electron chi connectivity index (χ3n) is 18.6. The summed E-state index contributed by atoms with van der Waals surface area (Å²) in [5.74, 6) is -0.00667. The van der Waals surface area contributed by atoms with E-state index in [-0.39, 0.29) is 18.5 Å². The van der Waals surface area contributed by atoms with Gasteiger partial charge in [0.1, 0.15) is 0 Å². The fourth-order valence-corrected chi connectivity index (χ4v) is 12.6. The molecule has 0 aliphatic carbocycles. The van der Waals surface area contributed by atoms with Crippen molar-refractivity contribution in [3.63, 3.8) is 0 Å². The largest absolute Gasteiger partial charge is 0.466 e. The highest BCUT2D eigenvalue weighted by Crippen LogP contribution is 2.20. The van der Waals surface area contributed by atoms with Crippen molar-refractivity contribution >= 4 is 11.9 Å². The molecule has 0 radical (unpaired) electrons. The first-order valence-corrected chi connectivity index (χ1v) is 38.9. The summed E-state index contributed by atoms with van der Waals surface area (Å²) in [6.07, 6.45) is 92.9. The lowest BCUT2D eigenvalue weighted by Crippen LogP contribution is -2.45. The Morgan fingerprint density at radius 1 is 0.321 bits per heavy atom. The predicted octanol–water partition coefficient (Wildman–Crippen LogP) is 25.5. The van der Waals surface area contributed by atoms with Gasteiger partial charge in [-0.1, -0.05) is 398 Å². The molecule has 0 saturated heterocycles. The van der Waals surface area contributed by atoms with E-state index in [1.165, 1.54) is 379 Å². The summed E-state index contributed by atoms with van der Waals surface area (Å²) in [5.41, 5.74) is 0. The van der Waals surface area contributed by atoms with Gasteiger partial charge >= 0.3 is 5.97 Å². The SMILES string of the molecule is CCCCCCCC/C=C\CCCCCCCCCCCC(=O)OCCCCCCCCCCCCCCCCCCCCCCCCCCCCCCC(=O)NC(CO)C(O)CCCCCCCCCCCCCCCCCCCCCC. The van der Waals surface area contributed by atoms with Gasteiger partial charge in [-0.2, -0.15) is 0 Å². The van der Waals surface area contributed by atoms with Crippen LogP contribution in [0.15, 0.2) is 12.2 Å². The number of amides is 1. The molecule has 0 spiro atoms. The average Bonchev–Trinajstić information content (AvgIpc) is 3.51. The van der Waals surface area contributed by atoms with Gasteiger partial charge in [-0.25, -0.2) is 0 Å². The second kappa shape index (κ2) is 74.1. The molecule has 6 heteroatoms. The van der Waals surface area contributed by atoms with Gasteiger partial charge in [0.25, 0.3) is 0 Å². The molecule has 0 heterocycles. The molecule has 0 aromatic heterocycles. The van der Waals surface area contributed by atoms with Crippen LogP contribution in [0, 0.1) is 0 Å². The van der Waals surface area contributed by atoms with Crippen molar-refractivity contribution in [2.24, 2.45) is 0 Å². The van der Waals surface area contributed by atoms with Crippen molar-refractivity contribution in [2.45, 2.75) is 463 Å². The van der Waals surface area contributed by atoms with E-state index in [9.17, 15) is 19.8 Å². The summed E-state index contributed by atoms with van der Waals surface area (Å²) in [6, 6.07) is -0.539. The Hall–Kier alpha value is -1.40. The molecule has 2 atom stereocenters. The molecule has 6 nitrogen and oxygen atoms in total. The fourth-order valence-electron chi connectivity index (χ4n) is 12.6. The molecule has 2 unspecified atom stereocenters. The lowest BCUT2D eigenvalue weighted by atomic mass is 10.0. The molecule has 0 aromatic rings. The number of aliphatic hydroxyl groups excluding tert-OH is 2. The van der Waals surface area contributed by atoms with Crippen molar-refractivity contribution in [3.05, 3.63) is 12.2 Å². The van der Waals surface area contributed by atoms with Crippen LogP contribution in [0.5, 0.6) is 0 Å². The average molecular weight is 1190 g/mol. The smallest absolute Gasteiger partial charge is 0.305 e. The highest BCUT2D eigenvalue weighted by Gasteiger charge is 2.20. The number of hydrogen-bond acceptors (Lipinski definition) is 5. The maximum absolute atomic E-state index is 12.6. The van der Waals surface area contributed by atoms with Crippen LogP contribution in [0.3, 0.4) is 0 Å². The summed E-state index contributed by atoms with van der Waals surface area (Å²) in [6.45, 7) is 5.01. The number of unbranched alkanes of at least 4 members (excludes halogenated alkanes) is 61. The Labute approximate surface area is 527 Å². The van der Waals surface area contributed by atoms with Crippen LogP contribution in [0.1, 0.15) is 450 Å². The number of rotatable bonds is 74. The standard InChI is InChI=1S/C78H153NO5/c1-3-5-7-9-11-13-15-17-19-21-23-35-38-42-46-50-54-58-62-66-70-76(81)75(74-80)79-77(82)71-67-63-59-55-51-47-43-39-36-32-30-28-26-24-25-27-29-31-33-37-41-45-49-53-57-61-65-69-73-84-78(83)72-68-64-60-56-52-48-44-40-34-22-20-18-16-14-12-10-8-6-4-2/h18,20,75-76,80-81H,3-17,19,21-74H2,1-2H3,(H,79,82)/b20-18-. The lowest BCUT2D eigenvalue weighted by molar-refractivity contribution is -0.143. The molecule has 0 fully saturated rings. The minimum Gasteiger partial charge on any atom is -0.466 e. The second-order valence-corrected chi connectivity index (χ2v) is 27.0. The molecule has 500 valence electrons. The quantitative estimate of drug-likeness (QED) is 0.0320. The number of esters is 1. The van der Waals surface area contributed by atoms with E-state index >= 15 is 0 Å². The maximum Gasteiger partial charge on any atom is 0.305 e. The van der Waals surface area contributed by atoms with Gasteiger partial charge in [-0.05, 0) is 51.4 Å². The summed E-state index contributed by atoms with van der Waals surface area (Å²) >= 11 is 0. The Morgan fingerprint density at radius 2 is 0.560 bits per heavy atom. The first kappa shape index (κ1) is 82.6. The number of aliphatic hydroxyl groups is 2. The van der Waals surface area contributed by atoms with Gasteiger partial charge < -0.3 is 20.3 Å². The first-order chi connectivity index (χ1) is 41.5. The highest BCUT2D eigenvalue weighted by molar-refractivity contribution is 5.76. The zero-order chi connectivity index (χ0) is 60.6. The van der Waals surface area contributed by atoms with Gasteiger partial charge in [0.2, 0.25) is 5.91 Å². The molecule has 0 bridgehead atoms. The van der Waals surface area contributed by atoms with Gasteiger partial charge in [0.15, 0.2) is 0 Å². The number of ether oxygens (including phenoxy) is 1. The Bertz CT molecular complexity index is 1270. The van der Waals surface area contributed by atoms with Crippen LogP contribution >= 0.6 is 0 Å². The van der Waals surface area contributed by atoms with Crippen LogP contribution in [-0.2, 0) is 14.3 Å². The summed E-state index contributed by atoms with van der Waals surface area (Å²) in [7, 11) is 0. The van der Waals surface area contributed by atoms with E-state index in [1.54, 1.807) is 0 Å². The Kier molecular flexibility index (Phi) is 72.8. The molecule has 1 amide bonds. The van der Waals surface area contributed by atoms with Crippen LogP contribution in [0.25, 0.3) is 0 Å².